The highest BCUT2D eigenvalue weighted by atomic mass is 16.5. The van der Waals surface area contributed by atoms with Crippen molar-refractivity contribution in [1.29, 1.82) is 0 Å². The molecule has 0 aromatic heterocycles. The minimum atomic E-state index is -1.06. The van der Waals surface area contributed by atoms with E-state index < -0.39 is 12.6 Å². The zero-order valence-electron chi connectivity index (χ0n) is 15.0. The Bertz CT molecular complexity index is 805. The third-order valence-electron chi connectivity index (χ3n) is 3.72. The van der Waals surface area contributed by atoms with Crippen molar-refractivity contribution in [2.24, 2.45) is 0 Å². The highest BCUT2D eigenvalue weighted by Gasteiger charge is 2.08. The molecule has 27 heavy (non-hydrogen) atoms. The monoisotopic (exact) mass is 370 g/mol. The molecule has 0 fully saturated rings. The first-order chi connectivity index (χ1) is 12.9. The Morgan fingerprint density at radius 1 is 1.04 bits per heavy atom. The summed E-state index contributed by atoms with van der Waals surface area (Å²) < 4.78 is 5.09. The minimum absolute atomic E-state index is 0.134. The fourth-order valence-electron chi connectivity index (χ4n) is 2.38. The normalized spacial score (nSPS) is 10.1. The number of rotatable bonds is 9. The van der Waals surface area contributed by atoms with Gasteiger partial charge in [-0.25, -0.2) is 4.79 Å². The van der Waals surface area contributed by atoms with Crippen LogP contribution in [0.25, 0.3) is 0 Å². The predicted octanol–water partition coefficient (Wildman–Crippen LogP) is 2.15. The van der Waals surface area contributed by atoms with Crippen molar-refractivity contribution < 1.29 is 24.2 Å². The largest absolute Gasteiger partial charge is 0.482 e. The Morgan fingerprint density at radius 2 is 1.78 bits per heavy atom. The van der Waals surface area contributed by atoms with Gasteiger partial charge in [0, 0.05) is 18.7 Å². The van der Waals surface area contributed by atoms with E-state index in [-0.39, 0.29) is 31.2 Å². The molecule has 0 spiro atoms. The van der Waals surface area contributed by atoms with E-state index in [9.17, 15) is 14.4 Å². The minimum Gasteiger partial charge on any atom is -0.482 e. The number of carboxylic acid groups (broad SMARTS) is 1. The van der Waals surface area contributed by atoms with Crippen LogP contribution in [0.4, 0.5) is 5.69 Å². The molecule has 0 aliphatic carbocycles. The third kappa shape index (κ3) is 7.19. The highest BCUT2D eigenvalue weighted by Crippen LogP contribution is 2.21. The quantitative estimate of drug-likeness (QED) is 0.627. The van der Waals surface area contributed by atoms with Crippen molar-refractivity contribution in [3.8, 4) is 5.75 Å². The van der Waals surface area contributed by atoms with E-state index in [0.29, 0.717) is 11.4 Å². The lowest BCUT2D eigenvalue weighted by Gasteiger charge is -2.11. The van der Waals surface area contributed by atoms with E-state index in [1.165, 1.54) is 0 Å². The van der Waals surface area contributed by atoms with Crippen molar-refractivity contribution in [3.05, 3.63) is 59.7 Å². The summed E-state index contributed by atoms with van der Waals surface area (Å²) in [6.45, 7) is 1.61. The van der Waals surface area contributed by atoms with Gasteiger partial charge in [-0.15, -0.1) is 0 Å². The number of carbonyl (C=O) groups is 3. The van der Waals surface area contributed by atoms with E-state index >= 15 is 0 Å². The molecule has 2 aromatic carbocycles. The Labute approximate surface area is 157 Å². The molecule has 0 unspecified atom stereocenters. The molecule has 3 N–H and O–H groups in total. The molecular formula is C20H22N2O5. The maximum atomic E-state index is 12.0. The second kappa shape index (κ2) is 9.96. The molecule has 142 valence electrons. The van der Waals surface area contributed by atoms with Crippen LogP contribution in [0, 0.1) is 6.92 Å². The zero-order valence-corrected chi connectivity index (χ0v) is 15.0. The van der Waals surface area contributed by atoms with Gasteiger partial charge in [0.05, 0.1) is 6.42 Å². The van der Waals surface area contributed by atoms with Gasteiger partial charge < -0.3 is 20.5 Å². The number of ether oxygens (including phenoxy) is 1. The van der Waals surface area contributed by atoms with Gasteiger partial charge >= 0.3 is 5.97 Å². The number of hydrogen-bond acceptors (Lipinski definition) is 4. The maximum Gasteiger partial charge on any atom is 0.341 e. The van der Waals surface area contributed by atoms with E-state index in [4.69, 9.17) is 9.84 Å². The SMILES string of the molecule is Cc1cc(OCC(=O)O)ccc1NC(=O)CCNC(=O)Cc1ccccc1. The van der Waals surface area contributed by atoms with Crippen molar-refractivity contribution in [1.82, 2.24) is 5.32 Å². The van der Waals surface area contributed by atoms with E-state index in [0.717, 1.165) is 11.1 Å². The van der Waals surface area contributed by atoms with Gasteiger partial charge in [0.25, 0.3) is 0 Å². The molecule has 0 saturated carbocycles. The second-order valence-electron chi connectivity index (χ2n) is 5.97. The molecule has 7 heteroatoms. The lowest BCUT2D eigenvalue weighted by Crippen LogP contribution is -2.29. The molecule has 0 atom stereocenters. The summed E-state index contributed by atoms with van der Waals surface area (Å²) in [5.74, 6) is -0.997. The fraction of sp³-hybridized carbons (Fsp3) is 0.250. The zero-order chi connectivity index (χ0) is 19.6. The van der Waals surface area contributed by atoms with Crippen LogP contribution in [0.15, 0.2) is 48.5 Å². The number of nitrogens with one attached hydrogen (secondary N) is 2. The van der Waals surface area contributed by atoms with Gasteiger partial charge in [0.1, 0.15) is 5.75 Å². The molecule has 2 aromatic rings. The molecule has 0 radical (unpaired) electrons. The molecule has 0 aliphatic heterocycles. The number of carbonyl (C=O) groups excluding carboxylic acids is 2. The number of benzene rings is 2. The lowest BCUT2D eigenvalue weighted by atomic mass is 10.1. The Kier molecular flexibility index (Phi) is 7.37. The molecule has 0 saturated heterocycles. The Morgan fingerprint density at radius 3 is 2.44 bits per heavy atom. The number of carboxylic acids is 1. The van der Waals surface area contributed by atoms with Crippen LogP contribution in [0.3, 0.4) is 0 Å². The van der Waals surface area contributed by atoms with Gasteiger partial charge in [-0.05, 0) is 36.2 Å². The summed E-state index contributed by atoms with van der Waals surface area (Å²) in [4.78, 5) is 34.4. The van der Waals surface area contributed by atoms with Gasteiger partial charge in [0.2, 0.25) is 11.8 Å². The predicted molar refractivity (Wildman–Crippen MR) is 101 cm³/mol. The average Bonchev–Trinajstić information content (AvgIpc) is 2.63. The van der Waals surface area contributed by atoms with Crippen molar-refractivity contribution >= 4 is 23.5 Å². The summed E-state index contributed by atoms with van der Waals surface area (Å²) in [6, 6.07) is 14.3. The molecule has 7 nitrogen and oxygen atoms in total. The summed E-state index contributed by atoms with van der Waals surface area (Å²) in [7, 11) is 0. The first-order valence-corrected chi connectivity index (χ1v) is 8.50. The number of aryl methyl sites for hydroxylation is 1. The van der Waals surface area contributed by atoms with Gasteiger partial charge in [-0.2, -0.15) is 0 Å². The molecular weight excluding hydrogens is 348 g/mol. The van der Waals surface area contributed by atoms with E-state index in [1.807, 2.05) is 30.3 Å². The summed E-state index contributed by atoms with van der Waals surface area (Å²) in [5, 5.41) is 14.1. The molecule has 0 heterocycles. The third-order valence-corrected chi connectivity index (χ3v) is 3.72. The molecule has 0 aliphatic rings. The second-order valence-corrected chi connectivity index (χ2v) is 5.97. The van der Waals surface area contributed by atoms with Crippen LogP contribution in [0.5, 0.6) is 5.75 Å². The lowest BCUT2D eigenvalue weighted by molar-refractivity contribution is -0.139. The number of hydrogen-bond donors (Lipinski definition) is 3. The number of aliphatic carboxylic acids is 1. The Balaban J connectivity index is 1.75. The van der Waals surface area contributed by atoms with E-state index in [2.05, 4.69) is 10.6 Å². The van der Waals surface area contributed by atoms with E-state index in [1.54, 1.807) is 25.1 Å². The first-order valence-electron chi connectivity index (χ1n) is 8.50. The van der Waals surface area contributed by atoms with Crippen LogP contribution in [0.1, 0.15) is 17.5 Å². The van der Waals surface area contributed by atoms with Crippen molar-refractivity contribution in [2.75, 3.05) is 18.5 Å². The smallest absolute Gasteiger partial charge is 0.341 e. The topological polar surface area (TPSA) is 105 Å². The van der Waals surface area contributed by atoms with Crippen molar-refractivity contribution in [2.45, 2.75) is 19.8 Å². The van der Waals surface area contributed by atoms with Crippen LogP contribution in [-0.4, -0.2) is 36.0 Å². The number of anilines is 1. The average molecular weight is 370 g/mol. The maximum absolute atomic E-state index is 12.0. The van der Waals surface area contributed by atoms with Gasteiger partial charge in [-0.1, -0.05) is 30.3 Å². The molecule has 2 amide bonds. The summed E-state index contributed by atoms with van der Waals surface area (Å²) in [5.41, 5.74) is 2.28. The first kappa shape index (κ1) is 20.0. The van der Waals surface area contributed by atoms with Crippen LogP contribution >= 0.6 is 0 Å². The van der Waals surface area contributed by atoms with Crippen LogP contribution in [-0.2, 0) is 20.8 Å². The van der Waals surface area contributed by atoms with Crippen molar-refractivity contribution in [3.63, 3.8) is 0 Å². The van der Waals surface area contributed by atoms with Crippen LogP contribution < -0.4 is 15.4 Å². The summed E-state index contributed by atoms with van der Waals surface area (Å²) >= 11 is 0. The molecule has 0 bridgehead atoms. The van der Waals surface area contributed by atoms with Gasteiger partial charge in [-0.3, -0.25) is 9.59 Å². The van der Waals surface area contributed by atoms with Gasteiger partial charge in [0.15, 0.2) is 6.61 Å². The standard InChI is InChI=1S/C20H22N2O5/c1-14-11-16(27-13-20(25)26)7-8-17(14)22-18(23)9-10-21-19(24)12-15-5-3-2-4-6-15/h2-8,11H,9-10,12-13H2,1H3,(H,21,24)(H,22,23)(H,25,26). The molecule has 2 rings (SSSR count). The Hall–Kier alpha value is -3.35. The number of amides is 2. The van der Waals surface area contributed by atoms with Crippen LogP contribution in [0.2, 0.25) is 0 Å². The summed E-state index contributed by atoms with van der Waals surface area (Å²) in [6.07, 6.45) is 0.427. The fourth-order valence-corrected chi connectivity index (χ4v) is 2.38. The highest BCUT2D eigenvalue weighted by molar-refractivity contribution is 5.92.